The summed E-state index contributed by atoms with van der Waals surface area (Å²) in [6.07, 6.45) is 7.08. The molecule has 2 aromatic rings. The van der Waals surface area contributed by atoms with E-state index in [-0.39, 0.29) is 5.91 Å². The molecular formula is C15H16N2OS. The zero-order chi connectivity index (χ0) is 13.2. The van der Waals surface area contributed by atoms with E-state index < -0.39 is 0 Å². The topological polar surface area (TPSA) is 42.0 Å². The van der Waals surface area contributed by atoms with Gasteiger partial charge >= 0.3 is 0 Å². The average molecular weight is 272 g/mol. The molecular weight excluding hydrogens is 256 g/mol. The minimum Gasteiger partial charge on any atom is -0.326 e. The number of fused-ring (bicyclic) bond motifs is 1. The van der Waals surface area contributed by atoms with Crippen molar-refractivity contribution in [3.05, 3.63) is 35.4 Å². The summed E-state index contributed by atoms with van der Waals surface area (Å²) in [5.41, 5.74) is 1.86. The van der Waals surface area contributed by atoms with Crippen LogP contribution in [0.3, 0.4) is 0 Å². The SMILES string of the molecule is Cc1nc2ccc(NC(=O)C[C@@H]3C=CCC3)cc2s1. The predicted molar refractivity (Wildman–Crippen MR) is 79.5 cm³/mol. The lowest BCUT2D eigenvalue weighted by Gasteiger charge is -2.08. The van der Waals surface area contributed by atoms with Crippen LogP contribution in [0.4, 0.5) is 5.69 Å². The number of amides is 1. The van der Waals surface area contributed by atoms with Gasteiger partial charge in [0.25, 0.3) is 0 Å². The Bertz CT molecular complexity index is 645. The lowest BCUT2D eigenvalue weighted by atomic mass is 10.1. The average Bonchev–Trinajstić information content (AvgIpc) is 2.96. The maximum absolute atomic E-state index is 12.0. The van der Waals surface area contributed by atoms with Gasteiger partial charge in [0.1, 0.15) is 0 Å². The highest BCUT2D eigenvalue weighted by atomic mass is 32.1. The van der Waals surface area contributed by atoms with Crippen LogP contribution in [-0.2, 0) is 4.79 Å². The molecule has 1 atom stereocenters. The van der Waals surface area contributed by atoms with Gasteiger partial charge in [-0.1, -0.05) is 12.2 Å². The second-order valence-electron chi connectivity index (χ2n) is 4.93. The van der Waals surface area contributed by atoms with Crippen LogP contribution in [0.2, 0.25) is 0 Å². The van der Waals surface area contributed by atoms with Crippen molar-refractivity contribution in [2.75, 3.05) is 5.32 Å². The number of allylic oxidation sites excluding steroid dienone is 2. The lowest BCUT2D eigenvalue weighted by molar-refractivity contribution is -0.116. The Morgan fingerprint density at radius 1 is 1.53 bits per heavy atom. The summed E-state index contributed by atoms with van der Waals surface area (Å²) < 4.78 is 1.12. The predicted octanol–water partition coefficient (Wildman–Crippen LogP) is 3.90. The Balaban J connectivity index is 1.69. The minimum absolute atomic E-state index is 0.0946. The number of nitrogens with one attached hydrogen (secondary N) is 1. The smallest absolute Gasteiger partial charge is 0.224 e. The van der Waals surface area contributed by atoms with E-state index in [1.165, 1.54) is 0 Å². The monoisotopic (exact) mass is 272 g/mol. The van der Waals surface area contributed by atoms with Crippen LogP contribution in [0.25, 0.3) is 10.2 Å². The minimum atomic E-state index is 0.0946. The van der Waals surface area contributed by atoms with Gasteiger partial charge in [0.15, 0.2) is 0 Å². The van der Waals surface area contributed by atoms with Crippen molar-refractivity contribution >= 4 is 33.1 Å². The van der Waals surface area contributed by atoms with Gasteiger partial charge in [0.2, 0.25) is 5.91 Å². The summed E-state index contributed by atoms with van der Waals surface area (Å²) in [5, 5.41) is 4.03. The van der Waals surface area contributed by atoms with Crippen molar-refractivity contribution in [3.8, 4) is 0 Å². The molecule has 0 fully saturated rings. The molecule has 1 amide bonds. The zero-order valence-electron chi connectivity index (χ0n) is 10.8. The molecule has 3 rings (SSSR count). The molecule has 0 saturated heterocycles. The molecule has 0 radical (unpaired) electrons. The third kappa shape index (κ3) is 2.84. The fourth-order valence-electron chi connectivity index (χ4n) is 2.43. The van der Waals surface area contributed by atoms with Crippen LogP contribution in [0.1, 0.15) is 24.3 Å². The summed E-state index contributed by atoms with van der Waals surface area (Å²) in [5.74, 6) is 0.506. The standard InChI is InChI=1S/C15H16N2OS/c1-10-16-13-7-6-12(9-14(13)19-10)17-15(18)8-11-4-2-3-5-11/h2,4,6-7,9,11H,3,5,8H2,1H3,(H,17,18)/t11-/m1/s1. The number of thiazole rings is 1. The van der Waals surface area contributed by atoms with Crippen molar-refractivity contribution in [1.82, 2.24) is 4.98 Å². The Labute approximate surface area is 116 Å². The molecule has 98 valence electrons. The van der Waals surface area contributed by atoms with Gasteiger partial charge in [-0.2, -0.15) is 0 Å². The van der Waals surface area contributed by atoms with Gasteiger partial charge in [-0.15, -0.1) is 11.3 Å². The van der Waals surface area contributed by atoms with Crippen LogP contribution >= 0.6 is 11.3 Å². The first kappa shape index (κ1) is 12.4. The van der Waals surface area contributed by atoms with Crippen molar-refractivity contribution in [3.63, 3.8) is 0 Å². The van der Waals surface area contributed by atoms with E-state index in [0.717, 1.165) is 33.8 Å². The number of rotatable bonds is 3. The van der Waals surface area contributed by atoms with Gasteiger partial charge in [0.05, 0.1) is 15.2 Å². The van der Waals surface area contributed by atoms with Crippen LogP contribution < -0.4 is 5.32 Å². The summed E-state index contributed by atoms with van der Waals surface area (Å²) in [6.45, 7) is 2.00. The maximum Gasteiger partial charge on any atom is 0.224 e. The summed E-state index contributed by atoms with van der Waals surface area (Å²) in [6, 6.07) is 5.89. The quantitative estimate of drug-likeness (QED) is 0.861. The number of nitrogens with zero attached hydrogens (tertiary/aromatic N) is 1. The number of carbonyl (C=O) groups excluding carboxylic acids is 1. The lowest BCUT2D eigenvalue weighted by Crippen LogP contribution is -2.14. The van der Waals surface area contributed by atoms with E-state index in [9.17, 15) is 4.79 Å². The molecule has 1 aliphatic carbocycles. The maximum atomic E-state index is 12.0. The van der Waals surface area contributed by atoms with Crippen LogP contribution in [0.15, 0.2) is 30.4 Å². The Kier molecular flexibility index (Phi) is 3.34. The molecule has 0 saturated carbocycles. The first-order chi connectivity index (χ1) is 9.20. The molecule has 1 N–H and O–H groups in total. The molecule has 1 aromatic heterocycles. The van der Waals surface area contributed by atoms with Crippen molar-refractivity contribution in [2.24, 2.45) is 5.92 Å². The second kappa shape index (κ2) is 5.13. The Morgan fingerprint density at radius 2 is 2.42 bits per heavy atom. The highest BCUT2D eigenvalue weighted by Crippen LogP contribution is 2.25. The van der Waals surface area contributed by atoms with E-state index >= 15 is 0 Å². The molecule has 0 bridgehead atoms. The van der Waals surface area contributed by atoms with Crippen LogP contribution in [-0.4, -0.2) is 10.9 Å². The van der Waals surface area contributed by atoms with E-state index in [4.69, 9.17) is 0 Å². The molecule has 1 aromatic carbocycles. The van der Waals surface area contributed by atoms with E-state index in [1.807, 2.05) is 25.1 Å². The number of benzene rings is 1. The van der Waals surface area contributed by atoms with Crippen molar-refractivity contribution < 1.29 is 4.79 Å². The van der Waals surface area contributed by atoms with Crippen LogP contribution in [0.5, 0.6) is 0 Å². The van der Waals surface area contributed by atoms with Crippen LogP contribution in [0, 0.1) is 12.8 Å². The third-order valence-corrected chi connectivity index (χ3v) is 4.27. The highest BCUT2D eigenvalue weighted by molar-refractivity contribution is 7.18. The molecule has 3 nitrogen and oxygen atoms in total. The first-order valence-corrected chi connectivity index (χ1v) is 7.36. The number of aryl methyl sites for hydroxylation is 1. The number of anilines is 1. The molecule has 1 heterocycles. The van der Waals surface area contributed by atoms with E-state index in [2.05, 4.69) is 22.5 Å². The zero-order valence-corrected chi connectivity index (χ0v) is 11.7. The highest BCUT2D eigenvalue weighted by Gasteiger charge is 2.14. The first-order valence-electron chi connectivity index (χ1n) is 6.54. The molecule has 0 aliphatic heterocycles. The van der Waals surface area contributed by atoms with Gasteiger partial charge < -0.3 is 5.32 Å². The van der Waals surface area contributed by atoms with Crippen molar-refractivity contribution in [2.45, 2.75) is 26.2 Å². The Morgan fingerprint density at radius 3 is 3.21 bits per heavy atom. The van der Waals surface area contributed by atoms with Gasteiger partial charge in [-0.05, 0) is 43.9 Å². The Hall–Kier alpha value is -1.68. The number of hydrogen-bond donors (Lipinski definition) is 1. The largest absolute Gasteiger partial charge is 0.326 e. The molecule has 1 aliphatic rings. The number of hydrogen-bond acceptors (Lipinski definition) is 3. The second-order valence-corrected chi connectivity index (χ2v) is 6.17. The molecule has 0 spiro atoms. The normalized spacial score (nSPS) is 18.1. The van der Waals surface area contributed by atoms with Crippen molar-refractivity contribution in [1.29, 1.82) is 0 Å². The number of aromatic nitrogens is 1. The fourth-order valence-corrected chi connectivity index (χ4v) is 3.30. The third-order valence-electron chi connectivity index (χ3n) is 3.34. The van der Waals surface area contributed by atoms with E-state index in [1.54, 1.807) is 11.3 Å². The summed E-state index contributed by atoms with van der Waals surface area (Å²) in [7, 11) is 0. The van der Waals surface area contributed by atoms with E-state index in [0.29, 0.717) is 12.3 Å². The molecule has 19 heavy (non-hydrogen) atoms. The van der Waals surface area contributed by atoms with Gasteiger partial charge in [0, 0.05) is 12.1 Å². The summed E-state index contributed by atoms with van der Waals surface area (Å²) >= 11 is 1.65. The summed E-state index contributed by atoms with van der Waals surface area (Å²) in [4.78, 5) is 16.4. The molecule has 4 heteroatoms. The number of carbonyl (C=O) groups is 1. The fraction of sp³-hybridized carbons (Fsp3) is 0.333. The van der Waals surface area contributed by atoms with Gasteiger partial charge in [-0.25, -0.2) is 4.98 Å². The molecule has 0 unspecified atom stereocenters. The van der Waals surface area contributed by atoms with Gasteiger partial charge in [-0.3, -0.25) is 4.79 Å².